The van der Waals surface area contributed by atoms with Crippen LogP contribution in [0.15, 0.2) is 16.6 Å². The van der Waals surface area contributed by atoms with Gasteiger partial charge in [-0.3, -0.25) is 4.79 Å². The summed E-state index contributed by atoms with van der Waals surface area (Å²) in [5.74, 6) is 1.13. The van der Waals surface area contributed by atoms with Crippen molar-refractivity contribution < 1.29 is 9.53 Å². The standard InChI is InChI=1S/C16H19BrO2/c1-15(2)14(16(15,3)4)12(18)11-8-10(17)7-9-5-6-19-13(9)11/h7-8,14H,5-6H2,1-4H3. The van der Waals surface area contributed by atoms with Gasteiger partial charge in [0.15, 0.2) is 5.78 Å². The number of ether oxygens (including phenoxy) is 1. The first kappa shape index (κ1) is 13.2. The molecule has 0 saturated heterocycles. The van der Waals surface area contributed by atoms with E-state index in [0.29, 0.717) is 6.61 Å². The normalized spacial score (nSPS) is 22.8. The van der Waals surface area contributed by atoms with E-state index in [-0.39, 0.29) is 22.5 Å². The molecule has 2 aliphatic rings. The van der Waals surface area contributed by atoms with Crippen LogP contribution >= 0.6 is 15.9 Å². The minimum atomic E-state index is 0.0673. The first-order valence-electron chi connectivity index (χ1n) is 6.76. The number of benzene rings is 1. The molecule has 3 heteroatoms. The molecule has 0 N–H and O–H groups in total. The van der Waals surface area contributed by atoms with Gasteiger partial charge in [-0.25, -0.2) is 0 Å². The third-order valence-corrected chi connectivity index (χ3v) is 5.75. The predicted octanol–water partition coefficient (Wildman–Crippen LogP) is 4.25. The molecule has 1 heterocycles. The molecule has 1 aromatic carbocycles. The van der Waals surface area contributed by atoms with E-state index in [2.05, 4.69) is 49.7 Å². The maximum atomic E-state index is 12.8. The molecule has 0 amide bonds. The van der Waals surface area contributed by atoms with Gasteiger partial charge in [0, 0.05) is 16.8 Å². The average Bonchev–Trinajstić information content (AvgIpc) is 2.68. The molecule has 0 aromatic heterocycles. The summed E-state index contributed by atoms with van der Waals surface area (Å²) in [6.07, 6.45) is 0.895. The van der Waals surface area contributed by atoms with Crippen molar-refractivity contribution in [2.75, 3.05) is 6.61 Å². The lowest BCUT2D eigenvalue weighted by Gasteiger charge is -2.09. The van der Waals surface area contributed by atoms with Crippen LogP contribution in [0.25, 0.3) is 0 Å². The van der Waals surface area contributed by atoms with Crippen LogP contribution in [0.5, 0.6) is 5.75 Å². The topological polar surface area (TPSA) is 26.3 Å². The number of fused-ring (bicyclic) bond motifs is 1. The summed E-state index contributed by atoms with van der Waals surface area (Å²) in [7, 11) is 0. The second-order valence-electron chi connectivity index (χ2n) is 6.78. The number of halogens is 1. The van der Waals surface area contributed by atoms with Crippen molar-refractivity contribution in [3.63, 3.8) is 0 Å². The molecule has 19 heavy (non-hydrogen) atoms. The summed E-state index contributed by atoms with van der Waals surface area (Å²) in [6.45, 7) is 9.38. The van der Waals surface area contributed by atoms with E-state index in [9.17, 15) is 4.79 Å². The maximum absolute atomic E-state index is 12.8. The number of hydrogen-bond acceptors (Lipinski definition) is 2. The molecule has 0 bridgehead atoms. The third kappa shape index (κ3) is 1.70. The van der Waals surface area contributed by atoms with Gasteiger partial charge in [-0.2, -0.15) is 0 Å². The molecule has 0 spiro atoms. The van der Waals surface area contributed by atoms with Crippen LogP contribution in [-0.4, -0.2) is 12.4 Å². The Balaban J connectivity index is 2.03. The molecule has 1 aromatic rings. The monoisotopic (exact) mass is 322 g/mol. The van der Waals surface area contributed by atoms with Crippen molar-refractivity contribution in [1.29, 1.82) is 0 Å². The van der Waals surface area contributed by atoms with Gasteiger partial charge in [0.05, 0.1) is 12.2 Å². The van der Waals surface area contributed by atoms with Gasteiger partial charge in [0.25, 0.3) is 0 Å². The minimum Gasteiger partial charge on any atom is -0.492 e. The van der Waals surface area contributed by atoms with Gasteiger partial charge in [-0.05, 0) is 28.5 Å². The molecule has 1 aliphatic heterocycles. The van der Waals surface area contributed by atoms with Gasteiger partial charge in [0.1, 0.15) is 5.75 Å². The van der Waals surface area contributed by atoms with Crippen molar-refractivity contribution >= 4 is 21.7 Å². The minimum absolute atomic E-state index is 0.0673. The van der Waals surface area contributed by atoms with Crippen molar-refractivity contribution in [2.45, 2.75) is 34.1 Å². The molecule has 0 unspecified atom stereocenters. The number of carbonyl (C=O) groups excluding carboxylic acids is 1. The van der Waals surface area contributed by atoms with Crippen LogP contribution < -0.4 is 4.74 Å². The lowest BCUT2D eigenvalue weighted by atomic mass is 9.98. The van der Waals surface area contributed by atoms with E-state index in [1.165, 1.54) is 0 Å². The fourth-order valence-electron chi connectivity index (χ4n) is 3.46. The zero-order valence-corrected chi connectivity index (χ0v) is 13.4. The van der Waals surface area contributed by atoms with Gasteiger partial charge in [-0.1, -0.05) is 43.6 Å². The molecule has 3 rings (SSSR count). The Morgan fingerprint density at radius 1 is 1.26 bits per heavy atom. The fraction of sp³-hybridized carbons (Fsp3) is 0.562. The van der Waals surface area contributed by atoms with Crippen LogP contribution in [0, 0.1) is 16.7 Å². The lowest BCUT2D eigenvalue weighted by Crippen LogP contribution is -2.09. The molecule has 0 radical (unpaired) electrons. The molecule has 1 saturated carbocycles. The summed E-state index contributed by atoms with van der Waals surface area (Å²) in [6, 6.07) is 3.97. The lowest BCUT2D eigenvalue weighted by molar-refractivity contribution is 0.0942. The highest BCUT2D eigenvalue weighted by Gasteiger charge is 2.68. The van der Waals surface area contributed by atoms with Crippen LogP contribution in [-0.2, 0) is 6.42 Å². The zero-order chi connectivity index (χ0) is 14.0. The number of Topliss-reactive ketones (excluding diaryl/α,β-unsaturated/α-hetero) is 1. The predicted molar refractivity (Wildman–Crippen MR) is 78.7 cm³/mol. The van der Waals surface area contributed by atoms with E-state index < -0.39 is 0 Å². The summed E-state index contributed by atoms with van der Waals surface area (Å²) in [5.41, 5.74) is 2.04. The fourth-order valence-corrected chi connectivity index (χ4v) is 3.96. The molecule has 1 fully saturated rings. The highest BCUT2D eigenvalue weighted by Crippen LogP contribution is 2.69. The Morgan fingerprint density at radius 3 is 2.47 bits per heavy atom. The van der Waals surface area contributed by atoms with Crippen LogP contribution in [0.2, 0.25) is 0 Å². The van der Waals surface area contributed by atoms with Crippen molar-refractivity contribution in [3.8, 4) is 5.75 Å². The smallest absolute Gasteiger partial charge is 0.170 e. The Morgan fingerprint density at radius 2 is 1.89 bits per heavy atom. The Labute approximate surface area is 122 Å². The van der Waals surface area contributed by atoms with Gasteiger partial charge in [-0.15, -0.1) is 0 Å². The zero-order valence-electron chi connectivity index (χ0n) is 11.8. The van der Waals surface area contributed by atoms with Crippen molar-refractivity contribution in [1.82, 2.24) is 0 Å². The second-order valence-corrected chi connectivity index (χ2v) is 7.70. The SMILES string of the molecule is CC1(C)C(C(=O)c2cc(Br)cc3c2OCC3)C1(C)C. The van der Waals surface area contributed by atoms with Crippen LogP contribution in [0.3, 0.4) is 0 Å². The van der Waals surface area contributed by atoms with E-state index in [4.69, 9.17) is 4.74 Å². The number of rotatable bonds is 2. The second kappa shape index (κ2) is 3.85. The average molecular weight is 323 g/mol. The maximum Gasteiger partial charge on any atom is 0.170 e. The van der Waals surface area contributed by atoms with Gasteiger partial charge >= 0.3 is 0 Å². The van der Waals surface area contributed by atoms with Crippen molar-refractivity contribution in [2.24, 2.45) is 16.7 Å². The Kier molecular flexibility index (Phi) is 2.66. The first-order chi connectivity index (χ1) is 8.76. The van der Waals surface area contributed by atoms with E-state index in [1.807, 2.05) is 6.07 Å². The third-order valence-electron chi connectivity index (χ3n) is 5.30. The summed E-state index contributed by atoms with van der Waals surface area (Å²) >= 11 is 3.50. The van der Waals surface area contributed by atoms with E-state index >= 15 is 0 Å². The molecule has 102 valence electrons. The molecule has 0 atom stereocenters. The quantitative estimate of drug-likeness (QED) is 0.761. The Hall–Kier alpha value is -0.830. The highest BCUT2D eigenvalue weighted by atomic mass is 79.9. The van der Waals surface area contributed by atoms with Crippen molar-refractivity contribution in [3.05, 3.63) is 27.7 Å². The molecular formula is C16H19BrO2. The summed E-state index contributed by atoms with van der Waals surface area (Å²) in [5, 5.41) is 0. The van der Waals surface area contributed by atoms with Gasteiger partial charge < -0.3 is 4.74 Å². The molecular weight excluding hydrogens is 304 g/mol. The largest absolute Gasteiger partial charge is 0.492 e. The molecule has 2 nitrogen and oxygen atoms in total. The van der Waals surface area contributed by atoms with E-state index in [1.54, 1.807) is 0 Å². The van der Waals surface area contributed by atoms with Gasteiger partial charge in [0.2, 0.25) is 0 Å². The van der Waals surface area contributed by atoms with Crippen LogP contribution in [0.1, 0.15) is 43.6 Å². The summed E-state index contributed by atoms with van der Waals surface area (Å²) < 4.78 is 6.65. The van der Waals surface area contributed by atoms with E-state index in [0.717, 1.165) is 27.8 Å². The Bertz CT molecular complexity index is 558. The number of ketones is 1. The first-order valence-corrected chi connectivity index (χ1v) is 7.55. The highest BCUT2D eigenvalue weighted by molar-refractivity contribution is 9.10. The number of hydrogen-bond donors (Lipinski definition) is 0. The number of carbonyl (C=O) groups is 1. The van der Waals surface area contributed by atoms with Crippen LogP contribution in [0.4, 0.5) is 0 Å². The summed E-state index contributed by atoms with van der Waals surface area (Å²) in [4.78, 5) is 12.8. The molecule has 1 aliphatic carbocycles.